The van der Waals surface area contributed by atoms with Gasteiger partial charge in [0.1, 0.15) is 13.2 Å². The Morgan fingerprint density at radius 1 is 0.313 bits per heavy atom. The van der Waals surface area contributed by atoms with Crippen LogP contribution < -0.4 is 0 Å². The number of carbonyl (C=O) groups is 3. The van der Waals surface area contributed by atoms with E-state index in [1.54, 1.807) is 0 Å². The lowest BCUT2D eigenvalue weighted by Gasteiger charge is -2.18. The van der Waals surface area contributed by atoms with Crippen molar-refractivity contribution in [3.8, 4) is 0 Å². The highest BCUT2D eigenvalue weighted by Crippen LogP contribution is 2.13. The monoisotopic (exact) mass is 927 g/mol. The van der Waals surface area contributed by atoms with Gasteiger partial charge in [0.2, 0.25) is 0 Å². The molecule has 0 aromatic rings. The highest BCUT2D eigenvalue weighted by Gasteiger charge is 2.19. The zero-order chi connectivity index (χ0) is 48.6. The third-order valence-electron chi connectivity index (χ3n) is 11.1. The number of carbonyl (C=O) groups excluding carboxylic acids is 3. The van der Waals surface area contributed by atoms with Crippen LogP contribution in [0.4, 0.5) is 0 Å². The number of allylic oxidation sites excluding steroid dienone is 20. The maximum Gasteiger partial charge on any atom is 0.306 e. The van der Waals surface area contributed by atoms with Crippen LogP contribution in [0.1, 0.15) is 226 Å². The minimum Gasteiger partial charge on any atom is -0.462 e. The molecule has 0 aliphatic carbocycles. The molecule has 1 unspecified atom stereocenters. The van der Waals surface area contributed by atoms with Crippen LogP contribution in [-0.2, 0) is 28.6 Å². The number of esters is 3. The van der Waals surface area contributed by atoms with Crippen molar-refractivity contribution in [2.45, 2.75) is 232 Å². The molecule has 0 aliphatic heterocycles. The van der Waals surface area contributed by atoms with Gasteiger partial charge in [0.05, 0.1) is 0 Å². The van der Waals surface area contributed by atoms with E-state index >= 15 is 0 Å². The normalized spacial score (nSPS) is 13.1. The molecule has 0 saturated heterocycles. The van der Waals surface area contributed by atoms with Gasteiger partial charge in [-0.15, -0.1) is 0 Å². The Hall–Kier alpha value is -4.19. The summed E-state index contributed by atoms with van der Waals surface area (Å²) in [6.07, 6.45) is 74.7. The molecule has 0 aromatic carbocycles. The van der Waals surface area contributed by atoms with Gasteiger partial charge in [-0.25, -0.2) is 0 Å². The largest absolute Gasteiger partial charge is 0.462 e. The first kappa shape index (κ1) is 62.8. The minimum atomic E-state index is -0.825. The van der Waals surface area contributed by atoms with Crippen LogP contribution in [0.5, 0.6) is 0 Å². The van der Waals surface area contributed by atoms with Crippen LogP contribution in [0.25, 0.3) is 0 Å². The second kappa shape index (κ2) is 54.4. The van der Waals surface area contributed by atoms with Crippen LogP contribution in [0.2, 0.25) is 0 Å². The Balaban J connectivity index is 4.59. The Morgan fingerprint density at radius 3 is 0.925 bits per heavy atom. The van der Waals surface area contributed by atoms with Gasteiger partial charge < -0.3 is 14.2 Å². The fourth-order valence-corrected chi connectivity index (χ4v) is 7.04. The predicted molar refractivity (Wildman–Crippen MR) is 288 cm³/mol. The standard InChI is InChI=1S/C61H98O6/c1-4-7-10-13-16-19-22-25-28-31-34-36-39-42-45-48-51-54-60(63)66-57-58(67-61(64)55-52-49-46-43-40-37-33-30-27-24-21-18-15-12-9-6-3)56-65-59(62)53-50-47-44-41-38-35-32-29-26-23-20-17-14-11-8-5-2/h7,10,13,16,19,22,25,28-40,58H,4-6,8-9,11-12,14-15,17-18,20-21,23-24,26-27,41-57H2,1-3H3/b10-7-,16-13-,22-19-,28-25-,32-29-,33-30-,34-31+,38-35-,39-36-,40-37-. The Morgan fingerprint density at radius 2 is 0.582 bits per heavy atom. The van der Waals surface area contributed by atoms with E-state index in [4.69, 9.17) is 14.2 Å². The summed E-state index contributed by atoms with van der Waals surface area (Å²) in [6.45, 7) is 6.39. The van der Waals surface area contributed by atoms with Gasteiger partial charge in [-0.2, -0.15) is 0 Å². The molecule has 0 aliphatic rings. The van der Waals surface area contributed by atoms with Crippen LogP contribution in [0, 0.1) is 0 Å². The van der Waals surface area contributed by atoms with Crippen molar-refractivity contribution >= 4 is 17.9 Å². The van der Waals surface area contributed by atoms with E-state index in [1.165, 1.54) is 89.9 Å². The lowest BCUT2D eigenvalue weighted by atomic mass is 10.1. The van der Waals surface area contributed by atoms with Crippen molar-refractivity contribution < 1.29 is 28.6 Å². The predicted octanol–water partition coefficient (Wildman–Crippen LogP) is 18.1. The average Bonchev–Trinajstić information content (AvgIpc) is 3.33. The highest BCUT2D eigenvalue weighted by atomic mass is 16.6. The molecule has 0 heterocycles. The first-order valence-corrected chi connectivity index (χ1v) is 27.2. The van der Waals surface area contributed by atoms with E-state index in [2.05, 4.69) is 81.5 Å². The van der Waals surface area contributed by atoms with Crippen molar-refractivity contribution in [1.29, 1.82) is 0 Å². The Labute approximate surface area is 412 Å². The number of ether oxygens (including phenoxy) is 3. The van der Waals surface area contributed by atoms with Crippen molar-refractivity contribution in [1.82, 2.24) is 0 Å². The summed E-state index contributed by atoms with van der Waals surface area (Å²) < 4.78 is 16.7. The molecule has 6 nitrogen and oxygen atoms in total. The molecule has 0 spiro atoms. The van der Waals surface area contributed by atoms with Crippen molar-refractivity contribution in [3.63, 3.8) is 0 Å². The fraction of sp³-hybridized carbons (Fsp3) is 0.623. The molecule has 1 atom stereocenters. The van der Waals surface area contributed by atoms with E-state index in [0.717, 1.165) is 89.9 Å². The molecule has 0 bridgehead atoms. The first-order chi connectivity index (χ1) is 33.0. The maximum absolute atomic E-state index is 12.8. The molecule has 0 fully saturated rings. The summed E-state index contributed by atoms with van der Waals surface area (Å²) in [4.78, 5) is 38.1. The number of unbranched alkanes of at least 4 members (excludes halogenated alkanes) is 23. The quantitative estimate of drug-likeness (QED) is 0.0262. The van der Waals surface area contributed by atoms with Crippen LogP contribution >= 0.6 is 0 Å². The second-order valence-electron chi connectivity index (χ2n) is 17.6. The van der Waals surface area contributed by atoms with Gasteiger partial charge in [0.25, 0.3) is 0 Å². The minimum absolute atomic E-state index is 0.120. The van der Waals surface area contributed by atoms with Crippen LogP contribution in [0.15, 0.2) is 122 Å². The lowest BCUT2D eigenvalue weighted by molar-refractivity contribution is -0.167. The summed E-state index contributed by atoms with van der Waals surface area (Å²) in [5.74, 6) is -1.02. The van der Waals surface area contributed by atoms with Gasteiger partial charge >= 0.3 is 17.9 Å². The topological polar surface area (TPSA) is 78.9 Å². The molecule has 0 rings (SSSR count). The molecular weight excluding hydrogens is 829 g/mol. The lowest BCUT2D eigenvalue weighted by Crippen LogP contribution is -2.30. The SMILES string of the molecule is CC\C=C/C=C\C=C/C=C\C=C\C=C/CCCCCC(=O)OCC(COC(=O)CCCCC/C=C\C=C/CCCCCCCCC)OC(=O)CCCCC/C=C\C=C/CCCCCCCCC. The van der Waals surface area contributed by atoms with Crippen molar-refractivity contribution in [2.75, 3.05) is 13.2 Å². The summed E-state index contributed by atoms with van der Waals surface area (Å²) in [5, 5.41) is 0. The molecular formula is C61H98O6. The van der Waals surface area contributed by atoms with E-state index in [1.807, 2.05) is 60.8 Å². The van der Waals surface area contributed by atoms with Gasteiger partial charge in [-0.1, -0.05) is 239 Å². The molecule has 378 valence electrons. The molecule has 0 amide bonds. The van der Waals surface area contributed by atoms with Gasteiger partial charge in [0.15, 0.2) is 6.10 Å². The van der Waals surface area contributed by atoms with E-state index in [0.29, 0.717) is 19.3 Å². The second-order valence-corrected chi connectivity index (χ2v) is 17.6. The van der Waals surface area contributed by atoms with Gasteiger partial charge in [-0.3, -0.25) is 14.4 Å². The molecule has 0 radical (unpaired) electrons. The fourth-order valence-electron chi connectivity index (χ4n) is 7.04. The number of hydrogen-bond donors (Lipinski definition) is 0. The Bertz CT molecular complexity index is 1440. The van der Waals surface area contributed by atoms with Crippen LogP contribution in [-0.4, -0.2) is 37.2 Å². The van der Waals surface area contributed by atoms with Crippen LogP contribution in [0.3, 0.4) is 0 Å². The maximum atomic E-state index is 12.8. The highest BCUT2D eigenvalue weighted by molar-refractivity contribution is 5.71. The summed E-state index contributed by atoms with van der Waals surface area (Å²) in [5.41, 5.74) is 0. The average molecular weight is 927 g/mol. The smallest absolute Gasteiger partial charge is 0.306 e. The Kier molecular flexibility index (Phi) is 51.0. The molecule has 0 N–H and O–H groups in total. The third kappa shape index (κ3) is 52.6. The number of hydrogen-bond acceptors (Lipinski definition) is 6. The molecule has 67 heavy (non-hydrogen) atoms. The molecule has 0 saturated carbocycles. The van der Waals surface area contributed by atoms with Gasteiger partial charge in [-0.05, 0) is 89.9 Å². The van der Waals surface area contributed by atoms with Gasteiger partial charge in [0, 0.05) is 19.3 Å². The summed E-state index contributed by atoms with van der Waals surface area (Å²) in [6, 6.07) is 0. The van der Waals surface area contributed by atoms with Crippen molar-refractivity contribution in [3.05, 3.63) is 122 Å². The van der Waals surface area contributed by atoms with Crippen molar-refractivity contribution in [2.24, 2.45) is 0 Å². The summed E-state index contributed by atoms with van der Waals surface area (Å²) in [7, 11) is 0. The first-order valence-electron chi connectivity index (χ1n) is 27.2. The summed E-state index contributed by atoms with van der Waals surface area (Å²) >= 11 is 0. The van der Waals surface area contributed by atoms with E-state index < -0.39 is 6.10 Å². The third-order valence-corrected chi connectivity index (χ3v) is 11.1. The molecule has 0 aromatic heterocycles. The zero-order valence-electron chi connectivity index (χ0n) is 43.1. The van der Waals surface area contributed by atoms with E-state index in [-0.39, 0.29) is 37.5 Å². The molecule has 6 heteroatoms. The van der Waals surface area contributed by atoms with E-state index in [9.17, 15) is 14.4 Å². The number of rotatable bonds is 47. The zero-order valence-corrected chi connectivity index (χ0v) is 43.1.